The zero-order valence-electron chi connectivity index (χ0n) is 11.8. The van der Waals surface area contributed by atoms with E-state index in [0.29, 0.717) is 5.56 Å². The Kier molecular flexibility index (Phi) is 4.41. The average molecular weight is 269 g/mol. The summed E-state index contributed by atoms with van der Waals surface area (Å²) < 4.78 is 0. The van der Waals surface area contributed by atoms with E-state index in [-0.39, 0.29) is 0 Å². The molecule has 104 valence electrons. The molecule has 0 spiro atoms. The molecule has 0 aromatic heterocycles. The lowest BCUT2D eigenvalue weighted by atomic mass is 10.1. The molecular weight excluding hydrogens is 250 g/mol. The number of aromatic carboxylic acids is 1. The second-order valence-corrected chi connectivity index (χ2v) is 4.94. The lowest BCUT2D eigenvalue weighted by molar-refractivity contribution is 0.0696. The number of anilines is 1. The highest BCUT2D eigenvalue weighted by atomic mass is 16.4. The Labute approximate surface area is 119 Å². The maximum absolute atomic E-state index is 10.9. The molecule has 2 aromatic rings. The van der Waals surface area contributed by atoms with Crippen LogP contribution in [0.1, 0.15) is 27.0 Å². The lowest BCUT2D eigenvalue weighted by Crippen LogP contribution is -2.07. The van der Waals surface area contributed by atoms with E-state index in [1.807, 2.05) is 31.2 Å². The van der Waals surface area contributed by atoms with Gasteiger partial charge in [0.2, 0.25) is 0 Å². The molecule has 0 saturated heterocycles. The summed E-state index contributed by atoms with van der Waals surface area (Å²) in [5, 5.41) is 12.3. The SMILES string of the molecule is Cc1ccccc1CCNc1ccc(C(=O)O)c(C)c1. The quantitative estimate of drug-likeness (QED) is 0.871. The number of carboxylic acids is 1. The molecule has 0 heterocycles. The minimum Gasteiger partial charge on any atom is -0.478 e. The molecule has 2 N–H and O–H groups in total. The lowest BCUT2D eigenvalue weighted by Gasteiger charge is -2.10. The normalized spacial score (nSPS) is 10.3. The highest BCUT2D eigenvalue weighted by Gasteiger charge is 2.06. The summed E-state index contributed by atoms with van der Waals surface area (Å²) >= 11 is 0. The standard InChI is InChI=1S/C17H19NO2/c1-12-5-3-4-6-14(12)9-10-18-15-7-8-16(17(19)20)13(2)11-15/h3-8,11,18H,9-10H2,1-2H3,(H,19,20). The molecular formula is C17H19NO2. The van der Waals surface area contributed by atoms with Crippen LogP contribution in [0, 0.1) is 13.8 Å². The minimum absolute atomic E-state index is 0.356. The highest BCUT2D eigenvalue weighted by molar-refractivity contribution is 5.89. The molecule has 0 atom stereocenters. The molecule has 0 aliphatic heterocycles. The van der Waals surface area contributed by atoms with Crippen LogP contribution in [0.25, 0.3) is 0 Å². The van der Waals surface area contributed by atoms with Gasteiger partial charge in [0, 0.05) is 12.2 Å². The minimum atomic E-state index is -0.881. The first-order chi connectivity index (χ1) is 9.58. The summed E-state index contributed by atoms with van der Waals surface area (Å²) in [4.78, 5) is 10.9. The third-order valence-electron chi connectivity index (χ3n) is 3.44. The van der Waals surface area contributed by atoms with Crippen LogP contribution in [0.2, 0.25) is 0 Å². The number of benzene rings is 2. The van der Waals surface area contributed by atoms with Gasteiger partial charge in [0.25, 0.3) is 0 Å². The fourth-order valence-electron chi connectivity index (χ4n) is 2.25. The zero-order chi connectivity index (χ0) is 14.5. The van der Waals surface area contributed by atoms with Gasteiger partial charge in [-0.1, -0.05) is 24.3 Å². The smallest absolute Gasteiger partial charge is 0.335 e. The van der Waals surface area contributed by atoms with Crippen LogP contribution in [0.3, 0.4) is 0 Å². The van der Waals surface area contributed by atoms with Crippen LogP contribution in [0.15, 0.2) is 42.5 Å². The number of carbonyl (C=O) groups is 1. The van der Waals surface area contributed by atoms with Crippen molar-refractivity contribution in [2.45, 2.75) is 20.3 Å². The van der Waals surface area contributed by atoms with Gasteiger partial charge < -0.3 is 10.4 Å². The summed E-state index contributed by atoms with van der Waals surface area (Å²) in [5.74, 6) is -0.881. The van der Waals surface area contributed by atoms with Crippen LogP contribution in [0.5, 0.6) is 0 Å². The molecule has 0 aliphatic carbocycles. The van der Waals surface area contributed by atoms with Crippen molar-refractivity contribution in [1.82, 2.24) is 0 Å². The van der Waals surface area contributed by atoms with E-state index in [4.69, 9.17) is 5.11 Å². The van der Waals surface area contributed by atoms with E-state index in [0.717, 1.165) is 24.2 Å². The van der Waals surface area contributed by atoms with Crippen LogP contribution in [0.4, 0.5) is 5.69 Å². The Bertz CT molecular complexity index is 620. The van der Waals surface area contributed by atoms with E-state index < -0.39 is 5.97 Å². The molecule has 0 radical (unpaired) electrons. The maximum atomic E-state index is 10.9. The van der Waals surface area contributed by atoms with Gasteiger partial charge in [-0.25, -0.2) is 4.79 Å². The molecule has 2 aromatic carbocycles. The van der Waals surface area contributed by atoms with E-state index in [9.17, 15) is 4.79 Å². The zero-order valence-corrected chi connectivity index (χ0v) is 11.8. The Morgan fingerprint density at radius 1 is 1.10 bits per heavy atom. The van der Waals surface area contributed by atoms with E-state index in [2.05, 4.69) is 24.4 Å². The second kappa shape index (κ2) is 6.24. The topological polar surface area (TPSA) is 49.3 Å². The number of carboxylic acid groups (broad SMARTS) is 1. The van der Waals surface area contributed by atoms with E-state index in [1.54, 1.807) is 6.07 Å². The van der Waals surface area contributed by atoms with Crippen LogP contribution >= 0.6 is 0 Å². The van der Waals surface area contributed by atoms with Gasteiger partial charge in [-0.05, 0) is 55.2 Å². The summed E-state index contributed by atoms with van der Waals surface area (Å²) in [5.41, 5.74) is 4.72. The molecule has 20 heavy (non-hydrogen) atoms. The Morgan fingerprint density at radius 2 is 1.85 bits per heavy atom. The fourth-order valence-corrected chi connectivity index (χ4v) is 2.25. The number of aryl methyl sites for hydroxylation is 2. The number of hydrogen-bond donors (Lipinski definition) is 2. The Morgan fingerprint density at radius 3 is 2.50 bits per heavy atom. The molecule has 0 amide bonds. The summed E-state index contributed by atoms with van der Waals surface area (Å²) in [7, 11) is 0. The maximum Gasteiger partial charge on any atom is 0.335 e. The van der Waals surface area contributed by atoms with Crippen molar-refractivity contribution in [3.63, 3.8) is 0 Å². The molecule has 0 saturated carbocycles. The third kappa shape index (κ3) is 3.38. The molecule has 0 aliphatic rings. The number of rotatable bonds is 5. The van der Waals surface area contributed by atoms with Crippen LogP contribution < -0.4 is 5.32 Å². The van der Waals surface area contributed by atoms with Crippen LogP contribution in [-0.2, 0) is 6.42 Å². The molecule has 0 fully saturated rings. The summed E-state index contributed by atoms with van der Waals surface area (Å²) in [6, 6.07) is 13.7. The van der Waals surface area contributed by atoms with Crippen LogP contribution in [-0.4, -0.2) is 17.6 Å². The molecule has 3 heteroatoms. The summed E-state index contributed by atoms with van der Waals surface area (Å²) in [6.07, 6.45) is 0.951. The van der Waals surface area contributed by atoms with Crippen molar-refractivity contribution in [1.29, 1.82) is 0 Å². The van der Waals surface area contributed by atoms with Gasteiger partial charge in [0.1, 0.15) is 0 Å². The number of hydrogen-bond acceptors (Lipinski definition) is 2. The molecule has 0 bridgehead atoms. The van der Waals surface area contributed by atoms with Crippen molar-refractivity contribution in [3.8, 4) is 0 Å². The van der Waals surface area contributed by atoms with Gasteiger partial charge in [0.15, 0.2) is 0 Å². The molecule has 2 rings (SSSR count). The van der Waals surface area contributed by atoms with Crippen molar-refractivity contribution in [3.05, 3.63) is 64.7 Å². The van der Waals surface area contributed by atoms with Gasteiger partial charge in [-0.3, -0.25) is 0 Å². The van der Waals surface area contributed by atoms with Crippen molar-refractivity contribution in [2.75, 3.05) is 11.9 Å². The van der Waals surface area contributed by atoms with E-state index in [1.165, 1.54) is 11.1 Å². The number of nitrogens with one attached hydrogen (secondary N) is 1. The molecule has 0 unspecified atom stereocenters. The highest BCUT2D eigenvalue weighted by Crippen LogP contribution is 2.15. The first-order valence-electron chi connectivity index (χ1n) is 6.70. The predicted octanol–water partition coefficient (Wildman–Crippen LogP) is 3.66. The largest absolute Gasteiger partial charge is 0.478 e. The van der Waals surface area contributed by atoms with Crippen molar-refractivity contribution >= 4 is 11.7 Å². The first-order valence-corrected chi connectivity index (χ1v) is 6.70. The van der Waals surface area contributed by atoms with E-state index >= 15 is 0 Å². The monoisotopic (exact) mass is 269 g/mol. The molecule has 3 nitrogen and oxygen atoms in total. The summed E-state index contributed by atoms with van der Waals surface area (Å²) in [6.45, 7) is 4.76. The van der Waals surface area contributed by atoms with Crippen molar-refractivity contribution < 1.29 is 9.90 Å². The Hall–Kier alpha value is -2.29. The van der Waals surface area contributed by atoms with Gasteiger partial charge >= 0.3 is 5.97 Å². The van der Waals surface area contributed by atoms with Crippen molar-refractivity contribution in [2.24, 2.45) is 0 Å². The fraction of sp³-hybridized carbons (Fsp3) is 0.235. The van der Waals surface area contributed by atoms with Gasteiger partial charge in [-0.2, -0.15) is 0 Å². The van der Waals surface area contributed by atoms with Gasteiger partial charge in [-0.15, -0.1) is 0 Å². The second-order valence-electron chi connectivity index (χ2n) is 4.94. The van der Waals surface area contributed by atoms with Gasteiger partial charge in [0.05, 0.1) is 5.56 Å². The Balaban J connectivity index is 1.97. The first kappa shape index (κ1) is 14.1. The average Bonchev–Trinajstić information content (AvgIpc) is 2.40. The third-order valence-corrected chi connectivity index (χ3v) is 3.44. The predicted molar refractivity (Wildman–Crippen MR) is 81.5 cm³/mol.